The molecular weight excluding hydrogens is 300 g/mol. The Bertz CT molecular complexity index is 616. The van der Waals surface area contributed by atoms with Gasteiger partial charge < -0.3 is 15.2 Å². The van der Waals surface area contributed by atoms with E-state index in [2.05, 4.69) is 5.32 Å². The van der Waals surface area contributed by atoms with Crippen LogP contribution >= 0.6 is 23.8 Å². The topological polar surface area (TPSA) is 61.8 Å². The second-order valence-corrected chi connectivity index (χ2v) is 4.89. The van der Waals surface area contributed by atoms with E-state index in [-0.39, 0.29) is 22.4 Å². The molecule has 1 amide bonds. The number of nitrogens with one attached hydrogen (secondary N) is 1. The highest BCUT2D eigenvalue weighted by Gasteiger charge is 2.29. The molecule has 2 N–H and O–H groups in total. The van der Waals surface area contributed by atoms with Crippen molar-refractivity contribution in [1.29, 1.82) is 0 Å². The number of hydrogen-bond donors (Lipinski definition) is 2. The number of phenolic OH excluding ortho intramolecular Hbond substituents is 1. The molecule has 5 nitrogen and oxygen atoms in total. The molecule has 20 heavy (non-hydrogen) atoms. The van der Waals surface area contributed by atoms with Crippen LogP contribution in [0.1, 0.15) is 12.5 Å². The van der Waals surface area contributed by atoms with Crippen LogP contribution in [-0.2, 0) is 4.79 Å². The van der Waals surface area contributed by atoms with E-state index in [1.165, 1.54) is 12.0 Å². The van der Waals surface area contributed by atoms with Crippen molar-refractivity contribution in [2.45, 2.75) is 6.92 Å². The molecule has 0 aromatic heterocycles. The number of amides is 1. The van der Waals surface area contributed by atoms with Gasteiger partial charge in [-0.2, -0.15) is 0 Å². The van der Waals surface area contributed by atoms with Gasteiger partial charge in [-0.05, 0) is 42.9 Å². The summed E-state index contributed by atoms with van der Waals surface area (Å²) in [5.41, 5.74) is 0.988. The van der Waals surface area contributed by atoms with Crippen LogP contribution < -0.4 is 10.1 Å². The second-order valence-electron chi connectivity index (χ2n) is 4.09. The van der Waals surface area contributed by atoms with Gasteiger partial charge in [0.1, 0.15) is 5.70 Å². The number of hydrogen-bond acceptors (Lipinski definition) is 4. The van der Waals surface area contributed by atoms with Crippen molar-refractivity contribution in [3.63, 3.8) is 0 Å². The third kappa shape index (κ3) is 2.57. The minimum absolute atomic E-state index is 0.132. The molecule has 0 radical (unpaired) electrons. The van der Waals surface area contributed by atoms with Crippen molar-refractivity contribution >= 4 is 40.9 Å². The molecule has 7 heteroatoms. The largest absolute Gasteiger partial charge is 0.503 e. The minimum Gasteiger partial charge on any atom is -0.503 e. The number of halogens is 1. The van der Waals surface area contributed by atoms with Gasteiger partial charge in [0, 0.05) is 6.54 Å². The maximum Gasteiger partial charge on any atom is 0.276 e. The minimum atomic E-state index is -0.194. The lowest BCUT2D eigenvalue weighted by molar-refractivity contribution is -0.122. The van der Waals surface area contributed by atoms with Gasteiger partial charge in [-0.3, -0.25) is 9.69 Å². The van der Waals surface area contributed by atoms with Crippen LogP contribution in [-0.4, -0.2) is 34.7 Å². The van der Waals surface area contributed by atoms with Crippen molar-refractivity contribution < 1.29 is 14.6 Å². The lowest BCUT2D eigenvalue weighted by Crippen LogP contribution is -2.30. The summed E-state index contributed by atoms with van der Waals surface area (Å²) in [6, 6.07) is 3.12. The number of thiocarbonyl (C=S) groups is 1. The van der Waals surface area contributed by atoms with Gasteiger partial charge in [0.2, 0.25) is 0 Å². The third-order valence-electron chi connectivity index (χ3n) is 2.86. The molecule has 106 valence electrons. The average molecular weight is 313 g/mol. The summed E-state index contributed by atoms with van der Waals surface area (Å²) >= 11 is 11.0. The maximum atomic E-state index is 12.1. The number of benzene rings is 1. The summed E-state index contributed by atoms with van der Waals surface area (Å²) in [7, 11) is 1.43. The molecule has 0 saturated carbocycles. The van der Waals surface area contributed by atoms with Crippen molar-refractivity contribution in [3.8, 4) is 11.5 Å². The molecule has 1 fully saturated rings. The molecule has 1 aliphatic heterocycles. The van der Waals surface area contributed by atoms with Gasteiger partial charge in [0.25, 0.3) is 5.91 Å². The summed E-state index contributed by atoms with van der Waals surface area (Å²) in [5, 5.41) is 13.0. The lowest BCUT2D eigenvalue weighted by Gasteiger charge is -2.09. The third-order valence-corrected chi connectivity index (χ3v) is 3.47. The number of nitrogens with zero attached hydrogens (tertiary/aromatic N) is 1. The Morgan fingerprint density at radius 2 is 2.25 bits per heavy atom. The van der Waals surface area contributed by atoms with E-state index in [1.807, 2.05) is 6.92 Å². The molecule has 1 saturated heterocycles. The predicted octanol–water partition coefficient (Wildman–Crippen LogP) is 2.13. The lowest BCUT2D eigenvalue weighted by atomic mass is 10.1. The highest BCUT2D eigenvalue weighted by Crippen LogP contribution is 2.35. The molecule has 1 aromatic carbocycles. The predicted molar refractivity (Wildman–Crippen MR) is 80.8 cm³/mol. The Labute approximate surface area is 126 Å². The van der Waals surface area contributed by atoms with E-state index < -0.39 is 0 Å². The summed E-state index contributed by atoms with van der Waals surface area (Å²) in [6.07, 6.45) is 1.61. The summed E-state index contributed by atoms with van der Waals surface area (Å²) < 4.78 is 5.02. The fourth-order valence-electron chi connectivity index (χ4n) is 1.86. The van der Waals surface area contributed by atoms with Gasteiger partial charge in [0.15, 0.2) is 16.6 Å². The normalized spacial score (nSPS) is 16.8. The molecular formula is C13H13ClN2O3S. The van der Waals surface area contributed by atoms with E-state index in [9.17, 15) is 9.90 Å². The number of phenols is 1. The molecule has 2 rings (SSSR count). The number of methoxy groups -OCH3 is 1. The SMILES string of the molecule is CCN1C(=O)/C(=C\c2cc(Cl)c(O)c(OC)c2)NC1=S. The van der Waals surface area contributed by atoms with Crippen LogP contribution in [0.25, 0.3) is 6.08 Å². The quantitative estimate of drug-likeness (QED) is 0.661. The van der Waals surface area contributed by atoms with Crippen LogP contribution in [0.2, 0.25) is 5.02 Å². The van der Waals surface area contributed by atoms with Crippen LogP contribution in [0.3, 0.4) is 0 Å². The monoisotopic (exact) mass is 312 g/mol. The highest BCUT2D eigenvalue weighted by atomic mass is 35.5. The Hall–Kier alpha value is -1.79. The smallest absolute Gasteiger partial charge is 0.276 e. The van der Waals surface area contributed by atoms with E-state index in [0.717, 1.165) is 0 Å². The zero-order valence-electron chi connectivity index (χ0n) is 10.9. The van der Waals surface area contributed by atoms with Crippen LogP contribution in [0, 0.1) is 0 Å². The van der Waals surface area contributed by atoms with E-state index >= 15 is 0 Å². The van der Waals surface area contributed by atoms with E-state index in [0.29, 0.717) is 22.9 Å². The molecule has 0 bridgehead atoms. The van der Waals surface area contributed by atoms with Crippen molar-refractivity contribution in [1.82, 2.24) is 10.2 Å². The number of aromatic hydroxyl groups is 1. The Kier molecular flexibility index (Phi) is 4.15. The van der Waals surface area contributed by atoms with Gasteiger partial charge in [-0.25, -0.2) is 0 Å². The molecule has 1 aliphatic rings. The number of ether oxygens (including phenoxy) is 1. The van der Waals surface area contributed by atoms with E-state index in [4.69, 9.17) is 28.6 Å². The van der Waals surface area contributed by atoms with E-state index in [1.54, 1.807) is 18.2 Å². The van der Waals surface area contributed by atoms with Crippen molar-refractivity contribution in [3.05, 3.63) is 28.4 Å². The standard InChI is InChI=1S/C13H13ClN2O3S/c1-3-16-12(18)9(15-13(16)20)5-7-4-8(14)11(17)10(6-7)19-2/h4-6,17H,3H2,1-2H3,(H,15,20)/b9-5+. The number of carbonyl (C=O) groups excluding carboxylic acids is 1. The first-order valence-corrected chi connectivity index (χ1v) is 6.67. The van der Waals surface area contributed by atoms with Gasteiger partial charge in [0.05, 0.1) is 12.1 Å². The summed E-state index contributed by atoms with van der Waals surface area (Å²) in [6.45, 7) is 2.34. The molecule has 0 unspecified atom stereocenters. The van der Waals surface area contributed by atoms with Crippen molar-refractivity contribution in [2.75, 3.05) is 13.7 Å². The summed E-state index contributed by atoms with van der Waals surface area (Å²) in [5.74, 6) is -0.0851. The number of rotatable bonds is 3. The van der Waals surface area contributed by atoms with Crippen molar-refractivity contribution in [2.24, 2.45) is 0 Å². The van der Waals surface area contributed by atoms with Crippen LogP contribution in [0.15, 0.2) is 17.8 Å². The number of carbonyl (C=O) groups is 1. The molecule has 0 aliphatic carbocycles. The van der Waals surface area contributed by atoms with Crippen LogP contribution in [0.5, 0.6) is 11.5 Å². The zero-order chi connectivity index (χ0) is 14.9. The Balaban J connectivity index is 2.39. The Morgan fingerprint density at radius 1 is 1.55 bits per heavy atom. The number of likely N-dealkylation sites (N-methyl/N-ethyl adjacent to an activating group) is 1. The first-order valence-electron chi connectivity index (χ1n) is 5.89. The molecule has 1 heterocycles. The Morgan fingerprint density at radius 3 is 2.80 bits per heavy atom. The van der Waals surface area contributed by atoms with Gasteiger partial charge >= 0.3 is 0 Å². The van der Waals surface area contributed by atoms with Gasteiger partial charge in [-0.15, -0.1) is 0 Å². The summed E-state index contributed by atoms with van der Waals surface area (Å²) in [4.78, 5) is 13.5. The first-order chi connectivity index (χ1) is 9.47. The first kappa shape index (κ1) is 14.6. The van der Waals surface area contributed by atoms with Gasteiger partial charge in [-0.1, -0.05) is 11.6 Å². The second kappa shape index (κ2) is 5.68. The molecule has 1 aromatic rings. The zero-order valence-corrected chi connectivity index (χ0v) is 12.5. The molecule has 0 atom stereocenters. The average Bonchev–Trinajstić information content (AvgIpc) is 2.68. The fraction of sp³-hybridized carbons (Fsp3) is 0.231. The molecule has 0 spiro atoms. The fourth-order valence-corrected chi connectivity index (χ4v) is 2.40. The highest BCUT2D eigenvalue weighted by molar-refractivity contribution is 7.80. The maximum absolute atomic E-state index is 12.1. The van der Waals surface area contributed by atoms with Crippen LogP contribution in [0.4, 0.5) is 0 Å².